The molecule has 0 aliphatic carbocycles. The van der Waals surface area contributed by atoms with Crippen LogP contribution in [-0.2, 0) is 16.6 Å². The Hall–Kier alpha value is -1.94. The highest BCUT2D eigenvalue weighted by Gasteiger charge is 2.24. The summed E-state index contributed by atoms with van der Waals surface area (Å²) in [6, 6.07) is 8.86. The molecule has 1 fully saturated rings. The number of carbonyl (C=O) groups excluding carboxylic acids is 1. The fraction of sp³-hybridized carbons (Fsp3) is 0.542. The van der Waals surface area contributed by atoms with Gasteiger partial charge in [0.15, 0.2) is 0 Å². The predicted octanol–water partition coefficient (Wildman–Crippen LogP) is 3.82. The van der Waals surface area contributed by atoms with Gasteiger partial charge in [0.2, 0.25) is 10.0 Å². The smallest absolute Gasteiger partial charge is 0.251 e. The van der Waals surface area contributed by atoms with Crippen LogP contribution in [0.1, 0.15) is 53.7 Å². The van der Waals surface area contributed by atoms with Crippen LogP contribution in [0.15, 0.2) is 35.2 Å². The van der Waals surface area contributed by atoms with Crippen molar-refractivity contribution in [3.8, 4) is 0 Å². The highest BCUT2D eigenvalue weighted by atomic mass is 32.2. The second kappa shape index (κ2) is 10.5. The van der Waals surface area contributed by atoms with Crippen LogP contribution in [0.25, 0.3) is 0 Å². The summed E-state index contributed by atoms with van der Waals surface area (Å²) in [4.78, 5) is 17.7. The zero-order valence-corrected chi connectivity index (χ0v) is 21.8. The summed E-state index contributed by atoms with van der Waals surface area (Å²) >= 11 is 1.68. The van der Waals surface area contributed by atoms with E-state index in [0.717, 1.165) is 30.8 Å². The van der Waals surface area contributed by atoms with Gasteiger partial charge >= 0.3 is 0 Å². The first-order valence-corrected chi connectivity index (χ1v) is 13.7. The van der Waals surface area contributed by atoms with Crippen LogP contribution >= 0.6 is 11.3 Å². The van der Waals surface area contributed by atoms with E-state index < -0.39 is 15.6 Å². The van der Waals surface area contributed by atoms with E-state index in [1.54, 1.807) is 44.2 Å². The molecule has 1 amide bonds. The molecule has 0 radical (unpaired) electrons. The fourth-order valence-electron chi connectivity index (χ4n) is 4.00. The lowest BCUT2D eigenvalue weighted by Gasteiger charge is -2.29. The van der Waals surface area contributed by atoms with Crippen LogP contribution in [0.3, 0.4) is 0 Å². The number of amides is 1. The maximum absolute atomic E-state index is 13.0. The van der Waals surface area contributed by atoms with Gasteiger partial charge in [-0.15, -0.1) is 11.3 Å². The molecule has 1 saturated heterocycles. The Bertz CT molecular complexity index is 1070. The molecule has 0 bridgehead atoms. The van der Waals surface area contributed by atoms with Crippen molar-refractivity contribution in [2.45, 2.75) is 57.5 Å². The first-order valence-electron chi connectivity index (χ1n) is 11.4. The van der Waals surface area contributed by atoms with Crippen molar-refractivity contribution < 1.29 is 13.2 Å². The number of hydrogen-bond donors (Lipinski definition) is 3. The number of nitrogens with one attached hydrogen (secondary N) is 3. The fourth-order valence-corrected chi connectivity index (χ4v) is 6.32. The number of rotatable bonds is 8. The van der Waals surface area contributed by atoms with Crippen molar-refractivity contribution in [1.82, 2.24) is 14.9 Å². The summed E-state index contributed by atoms with van der Waals surface area (Å²) in [6.45, 7) is 10.6. The summed E-state index contributed by atoms with van der Waals surface area (Å²) in [5, 5.41) is 6.30. The minimum Gasteiger partial charge on any atom is -0.380 e. The number of sulfonamides is 1. The molecule has 2 aromatic rings. The van der Waals surface area contributed by atoms with Gasteiger partial charge in [-0.1, -0.05) is 0 Å². The van der Waals surface area contributed by atoms with Gasteiger partial charge in [0.25, 0.3) is 5.91 Å². The third kappa shape index (κ3) is 7.81. The molecule has 3 rings (SSSR count). The van der Waals surface area contributed by atoms with E-state index in [2.05, 4.69) is 33.4 Å². The molecule has 2 heterocycles. The summed E-state index contributed by atoms with van der Waals surface area (Å²) in [5.74, 6) is 0.146. The standard InChI is InChI=1S/C24H36N4O3S2/c1-17-8-9-21(32-17)15-25-20-11-19(12-22(13-20)33(30,31)27-24(2,3)4)23(29)26-14-18-7-6-10-28(5)16-18/h8-9,11-13,18,25,27H,6-7,10,14-16H2,1-5H3,(H,26,29)/t18-/m1/s1. The minimum absolute atomic E-state index is 0.0762. The third-order valence-electron chi connectivity index (χ3n) is 5.46. The average molecular weight is 493 g/mol. The Morgan fingerprint density at radius 1 is 1.21 bits per heavy atom. The van der Waals surface area contributed by atoms with E-state index in [-0.39, 0.29) is 10.8 Å². The summed E-state index contributed by atoms with van der Waals surface area (Å²) in [6.07, 6.45) is 2.21. The van der Waals surface area contributed by atoms with Crippen molar-refractivity contribution in [3.63, 3.8) is 0 Å². The molecule has 3 N–H and O–H groups in total. The Balaban J connectivity index is 1.81. The van der Waals surface area contributed by atoms with Crippen molar-refractivity contribution in [2.75, 3.05) is 32.0 Å². The van der Waals surface area contributed by atoms with Crippen LogP contribution in [0.2, 0.25) is 0 Å². The van der Waals surface area contributed by atoms with Gasteiger partial charge in [-0.3, -0.25) is 4.79 Å². The minimum atomic E-state index is -3.79. The lowest BCUT2D eigenvalue weighted by atomic mass is 9.98. The molecule has 1 aliphatic heterocycles. The number of nitrogens with zero attached hydrogens (tertiary/aromatic N) is 1. The molecule has 1 atom stereocenters. The van der Waals surface area contributed by atoms with Crippen molar-refractivity contribution in [1.29, 1.82) is 0 Å². The number of piperidine rings is 1. The molecule has 7 nitrogen and oxygen atoms in total. The van der Waals surface area contributed by atoms with Gasteiger partial charge in [0.1, 0.15) is 0 Å². The lowest BCUT2D eigenvalue weighted by molar-refractivity contribution is 0.0936. The quantitative estimate of drug-likeness (QED) is 0.521. The SMILES string of the molecule is Cc1ccc(CNc2cc(C(=O)NC[C@H]3CCCN(C)C3)cc(S(=O)(=O)NC(C)(C)C)c2)s1. The van der Waals surface area contributed by atoms with Crippen molar-refractivity contribution >= 4 is 33.0 Å². The number of hydrogen-bond acceptors (Lipinski definition) is 6. The van der Waals surface area contributed by atoms with Gasteiger partial charge in [-0.25, -0.2) is 13.1 Å². The van der Waals surface area contributed by atoms with Crippen LogP contribution in [0, 0.1) is 12.8 Å². The second-order valence-corrected chi connectivity index (χ2v) is 13.0. The molecular formula is C24H36N4O3S2. The van der Waals surface area contributed by atoms with Crippen molar-refractivity contribution in [3.05, 3.63) is 45.6 Å². The molecule has 0 unspecified atom stereocenters. The number of aryl methyl sites for hydroxylation is 1. The van der Waals surface area contributed by atoms with Gasteiger partial charge in [0, 0.05) is 46.2 Å². The van der Waals surface area contributed by atoms with E-state index in [0.29, 0.717) is 30.3 Å². The maximum atomic E-state index is 13.0. The Morgan fingerprint density at radius 3 is 2.61 bits per heavy atom. The highest BCUT2D eigenvalue weighted by molar-refractivity contribution is 7.89. The molecule has 33 heavy (non-hydrogen) atoms. The average Bonchev–Trinajstić information content (AvgIpc) is 3.14. The van der Waals surface area contributed by atoms with E-state index in [1.807, 2.05) is 13.0 Å². The zero-order valence-electron chi connectivity index (χ0n) is 20.2. The number of likely N-dealkylation sites (tertiary alicyclic amines) is 1. The van der Waals surface area contributed by atoms with Crippen LogP contribution in [0.4, 0.5) is 5.69 Å². The summed E-state index contributed by atoms with van der Waals surface area (Å²) in [5.41, 5.74) is 0.299. The first-order chi connectivity index (χ1) is 15.4. The van der Waals surface area contributed by atoms with Crippen LogP contribution < -0.4 is 15.4 Å². The molecule has 1 aromatic heterocycles. The third-order valence-corrected chi connectivity index (χ3v) is 8.19. The van der Waals surface area contributed by atoms with E-state index >= 15 is 0 Å². The first kappa shape index (κ1) is 25.7. The van der Waals surface area contributed by atoms with Gasteiger partial charge in [-0.2, -0.15) is 0 Å². The topological polar surface area (TPSA) is 90.5 Å². The van der Waals surface area contributed by atoms with Gasteiger partial charge in [-0.05, 0) is 90.4 Å². The molecule has 0 spiro atoms. The summed E-state index contributed by atoms with van der Waals surface area (Å²) < 4.78 is 28.7. The monoisotopic (exact) mass is 492 g/mol. The Kier molecular flexibility index (Phi) is 8.21. The van der Waals surface area contributed by atoms with E-state index in [1.165, 1.54) is 10.9 Å². The lowest BCUT2D eigenvalue weighted by Crippen LogP contribution is -2.40. The highest BCUT2D eigenvalue weighted by Crippen LogP contribution is 2.23. The number of anilines is 1. The van der Waals surface area contributed by atoms with Gasteiger partial charge < -0.3 is 15.5 Å². The molecule has 0 saturated carbocycles. The Morgan fingerprint density at radius 2 is 1.97 bits per heavy atom. The molecular weight excluding hydrogens is 456 g/mol. The molecule has 1 aromatic carbocycles. The number of benzene rings is 1. The number of thiophene rings is 1. The van der Waals surface area contributed by atoms with E-state index in [9.17, 15) is 13.2 Å². The van der Waals surface area contributed by atoms with Crippen LogP contribution in [0.5, 0.6) is 0 Å². The predicted molar refractivity (Wildman–Crippen MR) is 135 cm³/mol. The Labute approximate surface area is 202 Å². The van der Waals surface area contributed by atoms with Gasteiger partial charge in [0.05, 0.1) is 4.90 Å². The largest absolute Gasteiger partial charge is 0.380 e. The normalized spacial score (nSPS) is 17.7. The molecule has 9 heteroatoms. The second-order valence-electron chi connectivity index (χ2n) is 9.95. The molecule has 1 aliphatic rings. The molecule has 182 valence electrons. The van der Waals surface area contributed by atoms with Crippen molar-refractivity contribution in [2.24, 2.45) is 5.92 Å². The number of carbonyl (C=O) groups is 1. The van der Waals surface area contributed by atoms with E-state index in [4.69, 9.17) is 0 Å². The summed E-state index contributed by atoms with van der Waals surface area (Å²) in [7, 11) is -1.70. The maximum Gasteiger partial charge on any atom is 0.251 e. The van der Waals surface area contributed by atoms with Crippen LogP contribution in [-0.4, -0.2) is 51.4 Å². The zero-order chi connectivity index (χ0) is 24.2.